The zero-order valence-electron chi connectivity index (χ0n) is 14.6. The number of rotatable bonds is 6. The van der Waals surface area contributed by atoms with Crippen LogP contribution in [0.2, 0.25) is 0 Å². The molecule has 0 radical (unpaired) electrons. The van der Waals surface area contributed by atoms with Gasteiger partial charge in [0.25, 0.3) is 5.91 Å². The average molecular weight is 396 g/mol. The first-order valence-corrected chi connectivity index (χ1v) is 9.79. The zero-order valence-corrected chi connectivity index (χ0v) is 15.4. The van der Waals surface area contributed by atoms with Gasteiger partial charge in [-0.3, -0.25) is 9.59 Å². The van der Waals surface area contributed by atoms with Gasteiger partial charge >= 0.3 is 0 Å². The van der Waals surface area contributed by atoms with Gasteiger partial charge in [0, 0.05) is 12.3 Å². The lowest BCUT2D eigenvalue weighted by Gasteiger charge is -2.15. The van der Waals surface area contributed by atoms with Crippen LogP contribution in [0, 0.1) is 11.6 Å². The third-order valence-electron chi connectivity index (χ3n) is 3.77. The molecule has 0 aliphatic carbocycles. The number of nitrogens with one attached hydrogen (secondary N) is 2. The number of carbonyl (C=O) groups excluding carboxylic acids is 2. The SMILES string of the molecule is CC(NC(=O)CNC(=O)c1ccc(F)cc1F)c1ccc(S(C)(=O)=O)cc1. The molecule has 27 heavy (non-hydrogen) atoms. The largest absolute Gasteiger partial charge is 0.348 e. The van der Waals surface area contributed by atoms with Crippen molar-refractivity contribution in [3.8, 4) is 0 Å². The maximum absolute atomic E-state index is 13.5. The van der Waals surface area contributed by atoms with Crippen molar-refractivity contribution in [2.75, 3.05) is 12.8 Å². The lowest BCUT2D eigenvalue weighted by atomic mass is 10.1. The Labute approximate surface area is 155 Å². The molecule has 0 spiro atoms. The Hall–Kier alpha value is -2.81. The van der Waals surface area contributed by atoms with Gasteiger partial charge in [0.1, 0.15) is 11.6 Å². The third kappa shape index (κ3) is 5.58. The second-order valence-corrected chi connectivity index (χ2v) is 7.95. The van der Waals surface area contributed by atoms with Crippen molar-refractivity contribution < 1.29 is 26.8 Å². The summed E-state index contributed by atoms with van der Waals surface area (Å²) in [6, 6.07) is 8.10. The van der Waals surface area contributed by atoms with Gasteiger partial charge in [-0.1, -0.05) is 12.1 Å². The summed E-state index contributed by atoms with van der Waals surface area (Å²) in [6.45, 7) is 1.29. The number of hydrogen-bond donors (Lipinski definition) is 2. The number of halogens is 2. The first kappa shape index (κ1) is 20.5. The van der Waals surface area contributed by atoms with Crippen LogP contribution in [0.25, 0.3) is 0 Å². The van der Waals surface area contributed by atoms with Gasteiger partial charge in [-0.15, -0.1) is 0 Å². The van der Waals surface area contributed by atoms with Crippen LogP contribution in [-0.4, -0.2) is 33.0 Å². The molecule has 0 heterocycles. The van der Waals surface area contributed by atoms with Crippen molar-refractivity contribution in [2.24, 2.45) is 0 Å². The van der Waals surface area contributed by atoms with E-state index in [9.17, 15) is 26.8 Å². The van der Waals surface area contributed by atoms with Crippen molar-refractivity contribution in [3.05, 3.63) is 65.2 Å². The van der Waals surface area contributed by atoms with Gasteiger partial charge in [-0.05, 0) is 36.8 Å². The molecule has 0 bridgehead atoms. The Morgan fingerprint density at radius 3 is 2.26 bits per heavy atom. The van der Waals surface area contributed by atoms with E-state index in [1.54, 1.807) is 19.1 Å². The smallest absolute Gasteiger partial charge is 0.254 e. The van der Waals surface area contributed by atoms with Crippen LogP contribution in [0.3, 0.4) is 0 Å². The number of amides is 2. The fourth-order valence-electron chi connectivity index (χ4n) is 2.31. The summed E-state index contributed by atoms with van der Waals surface area (Å²) in [7, 11) is -3.31. The molecule has 2 rings (SSSR count). The molecule has 0 saturated carbocycles. The average Bonchev–Trinajstić information content (AvgIpc) is 2.59. The Kier molecular flexibility index (Phi) is 6.27. The lowest BCUT2D eigenvalue weighted by molar-refractivity contribution is -0.120. The summed E-state index contributed by atoms with van der Waals surface area (Å²) in [5, 5.41) is 4.88. The molecule has 1 atom stereocenters. The van der Waals surface area contributed by atoms with Crippen molar-refractivity contribution in [2.45, 2.75) is 17.9 Å². The van der Waals surface area contributed by atoms with E-state index in [-0.39, 0.29) is 10.5 Å². The van der Waals surface area contributed by atoms with Crippen molar-refractivity contribution >= 4 is 21.7 Å². The van der Waals surface area contributed by atoms with Crippen LogP contribution in [0.15, 0.2) is 47.4 Å². The van der Waals surface area contributed by atoms with Crippen molar-refractivity contribution in [1.82, 2.24) is 10.6 Å². The van der Waals surface area contributed by atoms with Gasteiger partial charge in [-0.2, -0.15) is 0 Å². The van der Waals surface area contributed by atoms with E-state index < -0.39 is 45.9 Å². The third-order valence-corrected chi connectivity index (χ3v) is 4.90. The zero-order chi connectivity index (χ0) is 20.2. The highest BCUT2D eigenvalue weighted by Gasteiger charge is 2.15. The minimum Gasteiger partial charge on any atom is -0.348 e. The van der Waals surface area contributed by atoms with Crippen LogP contribution in [0.5, 0.6) is 0 Å². The van der Waals surface area contributed by atoms with E-state index in [1.807, 2.05) is 0 Å². The second kappa shape index (κ2) is 8.26. The Balaban J connectivity index is 1.92. The van der Waals surface area contributed by atoms with Crippen molar-refractivity contribution in [1.29, 1.82) is 0 Å². The van der Waals surface area contributed by atoms with Gasteiger partial charge < -0.3 is 10.6 Å². The predicted molar refractivity (Wildman–Crippen MR) is 94.8 cm³/mol. The Morgan fingerprint density at radius 1 is 1.07 bits per heavy atom. The first-order valence-electron chi connectivity index (χ1n) is 7.90. The highest BCUT2D eigenvalue weighted by Crippen LogP contribution is 2.16. The summed E-state index contributed by atoms with van der Waals surface area (Å²) < 4.78 is 49.3. The quantitative estimate of drug-likeness (QED) is 0.781. The maximum atomic E-state index is 13.5. The van der Waals surface area contributed by atoms with E-state index in [0.717, 1.165) is 18.4 Å². The number of hydrogen-bond acceptors (Lipinski definition) is 4. The maximum Gasteiger partial charge on any atom is 0.254 e. The van der Waals surface area contributed by atoms with Crippen LogP contribution in [-0.2, 0) is 14.6 Å². The van der Waals surface area contributed by atoms with Crippen molar-refractivity contribution in [3.63, 3.8) is 0 Å². The topological polar surface area (TPSA) is 92.3 Å². The molecule has 0 aliphatic rings. The number of sulfone groups is 1. The highest BCUT2D eigenvalue weighted by molar-refractivity contribution is 7.90. The van der Waals surface area contributed by atoms with Gasteiger partial charge in [-0.25, -0.2) is 17.2 Å². The Bertz CT molecular complexity index is 960. The summed E-state index contributed by atoms with van der Waals surface area (Å²) in [5.41, 5.74) is 0.306. The van der Waals surface area contributed by atoms with E-state index in [0.29, 0.717) is 11.6 Å². The molecule has 1 unspecified atom stereocenters. The minimum atomic E-state index is -3.31. The van der Waals surface area contributed by atoms with E-state index in [2.05, 4.69) is 10.6 Å². The minimum absolute atomic E-state index is 0.165. The predicted octanol–water partition coefficient (Wildman–Crippen LogP) is 1.98. The molecular formula is C18H18F2N2O4S. The molecule has 0 saturated heterocycles. The normalized spacial score (nSPS) is 12.3. The standard InChI is InChI=1S/C18H18F2N2O4S/c1-11(12-3-6-14(7-4-12)27(2,25)26)22-17(23)10-21-18(24)15-8-5-13(19)9-16(15)20/h3-9,11H,10H2,1-2H3,(H,21,24)(H,22,23). The molecule has 0 fully saturated rings. The molecule has 0 aromatic heterocycles. The van der Waals surface area contributed by atoms with Crippen LogP contribution >= 0.6 is 0 Å². The number of carbonyl (C=O) groups is 2. The molecule has 0 aliphatic heterocycles. The Morgan fingerprint density at radius 2 is 1.70 bits per heavy atom. The molecule has 9 heteroatoms. The van der Waals surface area contributed by atoms with E-state index in [1.165, 1.54) is 12.1 Å². The van der Waals surface area contributed by atoms with E-state index in [4.69, 9.17) is 0 Å². The van der Waals surface area contributed by atoms with E-state index >= 15 is 0 Å². The fourth-order valence-corrected chi connectivity index (χ4v) is 2.94. The first-order chi connectivity index (χ1) is 12.6. The molecule has 6 nitrogen and oxygen atoms in total. The molecule has 2 aromatic rings. The van der Waals surface area contributed by atoms with Gasteiger partial charge in [0.15, 0.2) is 9.84 Å². The highest BCUT2D eigenvalue weighted by atomic mass is 32.2. The summed E-state index contributed by atoms with van der Waals surface area (Å²) in [4.78, 5) is 24.0. The monoisotopic (exact) mass is 396 g/mol. The molecule has 2 N–H and O–H groups in total. The summed E-state index contributed by atoms with van der Waals surface area (Å²) in [6.07, 6.45) is 1.10. The lowest BCUT2D eigenvalue weighted by Crippen LogP contribution is -2.38. The second-order valence-electron chi connectivity index (χ2n) is 5.94. The molecule has 2 amide bonds. The van der Waals surface area contributed by atoms with Crippen LogP contribution in [0.4, 0.5) is 8.78 Å². The molecule has 2 aromatic carbocycles. The van der Waals surface area contributed by atoms with Gasteiger partial charge in [0.2, 0.25) is 5.91 Å². The number of benzene rings is 2. The molecular weight excluding hydrogens is 378 g/mol. The van der Waals surface area contributed by atoms with Gasteiger partial charge in [0.05, 0.1) is 23.0 Å². The fraction of sp³-hybridized carbons (Fsp3) is 0.222. The summed E-state index contributed by atoms with van der Waals surface area (Å²) >= 11 is 0. The summed E-state index contributed by atoms with van der Waals surface area (Å²) in [5.74, 6) is -3.19. The van der Waals surface area contributed by atoms with Crippen LogP contribution < -0.4 is 10.6 Å². The molecule has 144 valence electrons. The van der Waals surface area contributed by atoms with Crippen LogP contribution in [0.1, 0.15) is 28.9 Å².